The fourth-order valence-corrected chi connectivity index (χ4v) is 2.03. The first kappa shape index (κ1) is 13.5. The molecule has 5 heteroatoms. The number of rotatable bonds is 4. The van der Waals surface area contributed by atoms with E-state index in [1.54, 1.807) is 6.20 Å². The fraction of sp³-hybridized carbons (Fsp3) is 0.538. The first-order chi connectivity index (χ1) is 8.46. The highest BCUT2D eigenvalue weighted by atomic mass is 79.9. The van der Waals surface area contributed by atoms with Gasteiger partial charge in [0.1, 0.15) is 4.60 Å². The first-order valence-electron chi connectivity index (χ1n) is 6.14. The van der Waals surface area contributed by atoms with Gasteiger partial charge in [0.25, 0.3) is 0 Å². The second-order valence-electron chi connectivity index (χ2n) is 5.68. The van der Waals surface area contributed by atoms with E-state index in [9.17, 15) is 0 Å². The van der Waals surface area contributed by atoms with E-state index in [4.69, 9.17) is 0 Å². The predicted molar refractivity (Wildman–Crippen MR) is 76.5 cm³/mol. The van der Waals surface area contributed by atoms with Crippen molar-refractivity contribution in [2.75, 3.05) is 6.54 Å². The van der Waals surface area contributed by atoms with E-state index < -0.39 is 0 Å². The molecule has 0 saturated heterocycles. The summed E-state index contributed by atoms with van der Waals surface area (Å²) in [5.74, 6) is 0. The van der Waals surface area contributed by atoms with Gasteiger partial charge in [-0.05, 0) is 34.3 Å². The van der Waals surface area contributed by atoms with Gasteiger partial charge < -0.3 is 5.32 Å². The zero-order valence-corrected chi connectivity index (χ0v) is 12.7. The third-order valence-electron chi connectivity index (χ3n) is 2.80. The van der Waals surface area contributed by atoms with Crippen molar-refractivity contribution in [3.63, 3.8) is 0 Å². The molecular weight excluding hydrogens is 292 g/mol. The fourth-order valence-electron chi connectivity index (χ4n) is 1.73. The average Bonchev–Trinajstić information content (AvgIpc) is 2.66. The zero-order valence-electron chi connectivity index (χ0n) is 11.1. The van der Waals surface area contributed by atoms with Crippen LogP contribution in [0.1, 0.15) is 32.9 Å². The lowest BCUT2D eigenvalue weighted by molar-refractivity contribution is 0.366. The number of imidazole rings is 1. The zero-order chi connectivity index (χ0) is 13.2. The van der Waals surface area contributed by atoms with Gasteiger partial charge in [-0.15, -0.1) is 0 Å². The van der Waals surface area contributed by atoms with E-state index in [0.29, 0.717) is 5.41 Å². The number of hydrogen-bond donors (Lipinski definition) is 1. The molecule has 18 heavy (non-hydrogen) atoms. The Bertz CT molecular complexity index is 527. The molecule has 0 fully saturated rings. The van der Waals surface area contributed by atoms with E-state index in [1.807, 2.05) is 12.4 Å². The Morgan fingerprint density at radius 2 is 2.06 bits per heavy atom. The van der Waals surface area contributed by atoms with Gasteiger partial charge in [-0.2, -0.15) is 0 Å². The molecule has 0 aliphatic heterocycles. The van der Waals surface area contributed by atoms with Crippen molar-refractivity contribution in [1.82, 2.24) is 19.7 Å². The number of nitrogens with one attached hydrogen (secondary N) is 1. The van der Waals surface area contributed by atoms with Gasteiger partial charge in [0.15, 0.2) is 5.65 Å². The molecule has 0 aromatic carbocycles. The summed E-state index contributed by atoms with van der Waals surface area (Å²) in [6.07, 6.45) is 6.77. The lowest BCUT2D eigenvalue weighted by Crippen LogP contribution is -2.20. The van der Waals surface area contributed by atoms with Crippen LogP contribution in [-0.2, 0) is 6.54 Å². The van der Waals surface area contributed by atoms with Gasteiger partial charge in [-0.25, -0.2) is 9.97 Å². The van der Waals surface area contributed by atoms with E-state index in [2.05, 4.69) is 56.4 Å². The molecule has 98 valence electrons. The topological polar surface area (TPSA) is 42.2 Å². The second kappa shape index (κ2) is 5.36. The normalized spacial score (nSPS) is 12.2. The molecule has 4 nitrogen and oxygen atoms in total. The molecule has 0 bridgehead atoms. The van der Waals surface area contributed by atoms with Crippen molar-refractivity contribution in [3.8, 4) is 0 Å². The summed E-state index contributed by atoms with van der Waals surface area (Å²) < 4.78 is 2.88. The van der Waals surface area contributed by atoms with E-state index >= 15 is 0 Å². The van der Waals surface area contributed by atoms with E-state index in [0.717, 1.165) is 35.5 Å². The van der Waals surface area contributed by atoms with Crippen molar-refractivity contribution in [2.45, 2.75) is 33.7 Å². The molecule has 0 unspecified atom stereocenters. The maximum atomic E-state index is 4.33. The summed E-state index contributed by atoms with van der Waals surface area (Å²) in [5, 5.41) is 3.46. The molecule has 2 heterocycles. The van der Waals surface area contributed by atoms with Gasteiger partial charge in [0, 0.05) is 12.7 Å². The van der Waals surface area contributed by atoms with Crippen LogP contribution in [0.2, 0.25) is 0 Å². The Kier molecular flexibility index (Phi) is 4.02. The van der Waals surface area contributed by atoms with Crippen LogP contribution >= 0.6 is 15.9 Å². The SMILES string of the molecule is CC(C)(C)CCNCc1cnc2cnc(Br)cn12. The van der Waals surface area contributed by atoms with Crippen LogP contribution in [-0.4, -0.2) is 20.9 Å². The molecule has 0 aliphatic carbocycles. The Morgan fingerprint density at radius 3 is 2.78 bits per heavy atom. The largest absolute Gasteiger partial charge is 0.311 e. The highest BCUT2D eigenvalue weighted by Gasteiger charge is 2.09. The molecule has 2 rings (SSSR count). The number of halogens is 1. The molecule has 0 amide bonds. The summed E-state index contributed by atoms with van der Waals surface area (Å²) >= 11 is 3.38. The Morgan fingerprint density at radius 1 is 1.28 bits per heavy atom. The highest BCUT2D eigenvalue weighted by molar-refractivity contribution is 9.10. The molecular formula is C13H19BrN4. The van der Waals surface area contributed by atoms with Gasteiger partial charge in [0.05, 0.1) is 18.1 Å². The Balaban J connectivity index is 1.98. The average molecular weight is 311 g/mol. The summed E-state index contributed by atoms with van der Waals surface area (Å²) in [6, 6.07) is 0. The Hall–Kier alpha value is -0.940. The van der Waals surface area contributed by atoms with Crippen LogP contribution in [0, 0.1) is 5.41 Å². The monoisotopic (exact) mass is 310 g/mol. The predicted octanol–water partition coefficient (Wildman–Crippen LogP) is 3.02. The molecule has 2 aromatic heterocycles. The summed E-state index contributed by atoms with van der Waals surface area (Å²) in [7, 11) is 0. The van der Waals surface area contributed by atoms with Crippen LogP contribution < -0.4 is 5.32 Å². The van der Waals surface area contributed by atoms with Crippen LogP contribution in [0.5, 0.6) is 0 Å². The minimum atomic E-state index is 0.374. The second-order valence-corrected chi connectivity index (χ2v) is 6.49. The van der Waals surface area contributed by atoms with Gasteiger partial charge in [-0.3, -0.25) is 4.40 Å². The van der Waals surface area contributed by atoms with Crippen LogP contribution in [0.25, 0.3) is 5.65 Å². The third kappa shape index (κ3) is 3.53. The number of nitrogens with zero attached hydrogens (tertiary/aromatic N) is 3. The van der Waals surface area contributed by atoms with Crippen LogP contribution in [0.3, 0.4) is 0 Å². The van der Waals surface area contributed by atoms with Crippen LogP contribution in [0.4, 0.5) is 0 Å². The minimum absolute atomic E-state index is 0.374. The number of hydrogen-bond acceptors (Lipinski definition) is 3. The lowest BCUT2D eigenvalue weighted by Gasteiger charge is -2.17. The van der Waals surface area contributed by atoms with Gasteiger partial charge >= 0.3 is 0 Å². The van der Waals surface area contributed by atoms with Crippen molar-refractivity contribution in [2.24, 2.45) is 5.41 Å². The van der Waals surface area contributed by atoms with Crippen LogP contribution in [0.15, 0.2) is 23.2 Å². The van der Waals surface area contributed by atoms with Crippen molar-refractivity contribution < 1.29 is 0 Å². The molecule has 0 aliphatic rings. The maximum Gasteiger partial charge on any atom is 0.155 e. The van der Waals surface area contributed by atoms with E-state index in [1.165, 1.54) is 0 Å². The Labute approximate surface area is 116 Å². The smallest absolute Gasteiger partial charge is 0.155 e. The lowest BCUT2D eigenvalue weighted by atomic mass is 9.92. The quantitative estimate of drug-likeness (QED) is 0.883. The third-order valence-corrected chi connectivity index (χ3v) is 3.21. The standard InChI is InChI=1S/C13H19BrN4/c1-13(2,3)4-5-15-6-10-7-17-12-8-16-11(14)9-18(10)12/h7-9,15H,4-6H2,1-3H3. The van der Waals surface area contributed by atoms with Crippen molar-refractivity contribution >= 4 is 21.6 Å². The summed E-state index contributed by atoms with van der Waals surface area (Å²) in [4.78, 5) is 8.49. The molecule has 0 saturated carbocycles. The van der Waals surface area contributed by atoms with E-state index in [-0.39, 0.29) is 0 Å². The van der Waals surface area contributed by atoms with Crippen molar-refractivity contribution in [3.05, 3.63) is 28.9 Å². The van der Waals surface area contributed by atoms with Gasteiger partial charge in [-0.1, -0.05) is 20.8 Å². The van der Waals surface area contributed by atoms with Crippen molar-refractivity contribution in [1.29, 1.82) is 0 Å². The summed E-state index contributed by atoms with van der Waals surface area (Å²) in [5.41, 5.74) is 2.41. The number of aromatic nitrogens is 3. The van der Waals surface area contributed by atoms with Gasteiger partial charge in [0.2, 0.25) is 0 Å². The minimum Gasteiger partial charge on any atom is -0.311 e. The maximum absolute atomic E-state index is 4.33. The molecule has 0 atom stereocenters. The molecule has 0 spiro atoms. The highest BCUT2D eigenvalue weighted by Crippen LogP contribution is 2.17. The number of fused-ring (bicyclic) bond motifs is 1. The molecule has 1 N–H and O–H groups in total. The summed E-state index contributed by atoms with van der Waals surface area (Å²) in [6.45, 7) is 8.61. The first-order valence-corrected chi connectivity index (χ1v) is 6.93. The molecule has 0 radical (unpaired) electrons. The molecule has 2 aromatic rings.